The van der Waals surface area contributed by atoms with Crippen molar-refractivity contribution < 1.29 is 0 Å². The maximum absolute atomic E-state index is 6.41. The molecule has 1 heterocycles. The van der Waals surface area contributed by atoms with Crippen LogP contribution in [0.2, 0.25) is 5.02 Å². The van der Waals surface area contributed by atoms with Gasteiger partial charge in [0.25, 0.3) is 0 Å². The van der Waals surface area contributed by atoms with Crippen LogP contribution in [0.5, 0.6) is 0 Å². The van der Waals surface area contributed by atoms with Crippen molar-refractivity contribution in [1.29, 1.82) is 0 Å². The number of nitrogens with two attached hydrogens (primary N) is 2. The van der Waals surface area contributed by atoms with Gasteiger partial charge in [0.1, 0.15) is 5.82 Å². The minimum Gasteiger partial charge on any atom is -0.383 e. The van der Waals surface area contributed by atoms with Gasteiger partial charge in [0.2, 0.25) is 5.95 Å². The largest absolute Gasteiger partial charge is 0.383 e. The molecule has 0 atom stereocenters. The first kappa shape index (κ1) is 12.7. The first-order valence-electron chi connectivity index (χ1n) is 5.84. The molecular formula is C12H16ClN5. The fraction of sp³-hybridized carbons (Fsp3) is 0.333. The highest BCUT2D eigenvalue weighted by atomic mass is 35.5. The van der Waals surface area contributed by atoms with Gasteiger partial charge in [-0.05, 0) is 26.0 Å². The number of nitrogens with zero attached hydrogens (tertiary/aromatic N) is 3. The van der Waals surface area contributed by atoms with Gasteiger partial charge < -0.3 is 16.4 Å². The van der Waals surface area contributed by atoms with Gasteiger partial charge in [-0.1, -0.05) is 11.6 Å². The molecule has 5 nitrogen and oxygen atoms in total. The van der Waals surface area contributed by atoms with Gasteiger partial charge in [0.05, 0.1) is 21.6 Å². The number of nitrogen functional groups attached to an aromatic ring is 2. The summed E-state index contributed by atoms with van der Waals surface area (Å²) in [7, 11) is 0. The molecule has 0 aliphatic carbocycles. The number of hydrogen-bond acceptors (Lipinski definition) is 5. The quantitative estimate of drug-likeness (QED) is 0.890. The molecule has 96 valence electrons. The van der Waals surface area contributed by atoms with Crippen molar-refractivity contribution in [2.45, 2.75) is 13.8 Å². The highest BCUT2D eigenvalue weighted by molar-refractivity contribution is 6.39. The Balaban J connectivity index is 2.71. The second-order valence-electron chi connectivity index (χ2n) is 3.93. The van der Waals surface area contributed by atoms with E-state index in [2.05, 4.69) is 28.7 Å². The summed E-state index contributed by atoms with van der Waals surface area (Å²) in [6, 6.07) is 3.80. The minimum absolute atomic E-state index is 0.159. The molecule has 6 heteroatoms. The molecular weight excluding hydrogens is 250 g/mol. The van der Waals surface area contributed by atoms with Gasteiger partial charge in [0.15, 0.2) is 0 Å². The summed E-state index contributed by atoms with van der Waals surface area (Å²) in [5.74, 6) is 0.475. The monoisotopic (exact) mass is 265 g/mol. The standard InChI is InChI=1S/C12H16ClN5/c1-3-18(4-2)8-6-5-7-9(10(8)13)11(14)17-12(15)16-7/h5-6H,3-4H2,1-2H3,(H4,14,15,16,17). The summed E-state index contributed by atoms with van der Waals surface area (Å²) in [5, 5.41) is 1.24. The van der Waals surface area contributed by atoms with Crippen molar-refractivity contribution in [2.75, 3.05) is 29.5 Å². The molecule has 0 aliphatic rings. The van der Waals surface area contributed by atoms with Crippen LogP contribution in [-0.2, 0) is 0 Å². The topological polar surface area (TPSA) is 81.1 Å². The van der Waals surface area contributed by atoms with Crippen LogP contribution in [0, 0.1) is 0 Å². The first-order chi connectivity index (χ1) is 8.58. The molecule has 0 unspecified atom stereocenters. The predicted octanol–water partition coefficient (Wildman–Crippen LogP) is 2.29. The van der Waals surface area contributed by atoms with E-state index in [0.717, 1.165) is 18.8 Å². The maximum atomic E-state index is 6.41. The number of halogens is 1. The Morgan fingerprint density at radius 3 is 2.44 bits per heavy atom. The molecule has 2 rings (SSSR count). The lowest BCUT2D eigenvalue weighted by molar-refractivity contribution is 0.867. The molecule has 0 spiro atoms. The average Bonchev–Trinajstić information content (AvgIpc) is 2.32. The van der Waals surface area contributed by atoms with E-state index >= 15 is 0 Å². The number of rotatable bonds is 3. The minimum atomic E-state index is 0.159. The van der Waals surface area contributed by atoms with Crippen molar-refractivity contribution in [3.8, 4) is 0 Å². The number of aromatic nitrogens is 2. The zero-order valence-electron chi connectivity index (χ0n) is 10.4. The fourth-order valence-corrected chi connectivity index (χ4v) is 2.40. The van der Waals surface area contributed by atoms with E-state index in [0.29, 0.717) is 21.7 Å². The Kier molecular flexibility index (Phi) is 3.43. The summed E-state index contributed by atoms with van der Waals surface area (Å²) in [6.07, 6.45) is 0. The highest BCUT2D eigenvalue weighted by Gasteiger charge is 2.14. The molecule has 0 amide bonds. The van der Waals surface area contributed by atoms with Gasteiger partial charge in [-0.25, -0.2) is 4.98 Å². The molecule has 18 heavy (non-hydrogen) atoms. The lowest BCUT2D eigenvalue weighted by Crippen LogP contribution is -2.22. The molecule has 4 N–H and O–H groups in total. The Hall–Kier alpha value is -1.75. The Morgan fingerprint density at radius 2 is 1.83 bits per heavy atom. The summed E-state index contributed by atoms with van der Waals surface area (Å²) < 4.78 is 0. The van der Waals surface area contributed by atoms with Crippen LogP contribution in [0.3, 0.4) is 0 Å². The van der Waals surface area contributed by atoms with Gasteiger partial charge in [0, 0.05) is 13.1 Å². The van der Waals surface area contributed by atoms with Crippen LogP contribution in [0.4, 0.5) is 17.5 Å². The summed E-state index contributed by atoms with van der Waals surface area (Å²) >= 11 is 6.41. The van der Waals surface area contributed by atoms with E-state index in [-0.39, 0.29) is 5.95 Å². The third-order valence-corrected chi connectivity index (χ3v) is 3.31. The van der Waals surface area contributed by atoms with E-state index in [4.69, 9.17) is 23.1 Å². The van der Waals surface area contributed by atoms with Crippen molar-refractivity contribution in [3.05, 3.63) is 17.2 Å². The Morgan fingerprint density at radius 1 is 1.17 bits per heavy atom. The lowest BCUT2D eigenvalue weighted by atomic mass is 10.2. The molecule has 0 fully saturated rings. The SMILES string of the molecule is CCN(CC)c1ccc2nc(N)nc(N)c2c1Cl. The molecule has 1 aromatic carbocycles. The van der Waals surface area contributed by atoms with Crippen molar-refractivity contribution in [3.63, 3.8) is 0 Å². The molecule has 0 aliphatic heterocycles. The second kappa shape index (κ2) is 4.86. The average molecular weight is 266 g/mol. The van der Waals surface area contributed by atoms with E-state index in [1.54, 1.807) is 0 Å². The zero-order valence-corrected chi connectivity index (χ0v) is 11.2. The molecule has 0 saturated carbocycles. The van der Waals surface area contributed by atoms with Crippen molar-refractivity contribution >= 4 is 40.0 Å². The van der Waals surface area contributed by atoms with E-state index < -0.39 is 0 Å². The molecule has 2 aromatic rings. The summed E-state index contributed by atoms with van der Waals surface area (Å²) in [5.41, 5.74) is 13.1. The fourth-order valence-electron chi connectivity index (χ4n) is 2.03. The van der Waals surface area contributed by atoms with Crippen LogP contribution in [0.25, 0.3) is 10.9 Å². The third kappa shape index (κ3) is 2.01. The molecule has 1 aromatic heterocycles. The number of anilines is 3. The smallest absolute Gasteiger partial charge is 0.222 e. The summed E-state index contributed by atoms with van der Waals surface area (Å²) in [6.45, 7) is 5.90. The van der Waals surface area contributed by atoms with Crippen LogP contribution < -0.4 is 16.4 Å². The second-order valence-corrected chi connectivity index (χ2v) is 4.31. The summed E-state index contributed by atoms with van der Waals surface area (Å²) in [4.78, 5) is 10.2. The van der Waals surface area contributed by atoms with Gasteiger partial charge >= 0.3 is 0 Å². The Bertz CT molecular complexity index is 580. The van der Waals surface area contributed by atoms with Crippen molar-refractivity contribution in [1.82, 2.24) is 9.97 Å². The van der Waals surface area contributed by atoms with Gasteiger partial charge in [-0.3, -0.25) is 0 Å². The van der Waals surface area contributed by atoms with E-state index in [1.807, 2.05) is 12.1 Å². The van der Waals surface area contributed by atoms with Crippen LogP contribution >= 0.6 is 11.6 Å². The maximum Gasteiger partial charge on any atom is 0.222 e. The highest BCUT2D eigenvalue weighted by Crippen LogP contribution is 2.35. The Labute approximate surface area is 111 Å². The number of hydrogen-bond donors (Lipinski definition) is 2. The molecule has 0 radical (unpaired) electrons. The van der Waals surface area contributed by atoms with Gasteiger partial charge in [-0.2, -0.15) is 4.98 Å². The molecule has 0 saturated heterocycles. The number of fused-ring (bicyclic) bond motifs is 1. The van der Waals surface area contributed by atoms with Crippen molar-refractivity contribution in [2.24, 2.45) is 0 Å². The van der Waals surface area contributed by atoms with Crippen LogP contribution in [0.15, 0.2) is 12.1 Å². The first-order valence-corrected chi connectivity index (χ1v) is 6.22. The third-order valence-electron chi connectivity index (χ3n) is 2.93. The number of benzene rings is 1. The predicted molar refractivity (Wildman–Crippen MR) is 76.9 cm³/mol. The van der Waals surface area contributed by atoms with Crippen LogP contribution in [-0.4, -0.2) is 23.1 Å². The van der Waals surface area contributed by atoms with Gasteiger partial charge in [-0.15, -0.1) is 0 Å². The normalized spacial score (nSPS) is 10.8. The zero-order chi connectivity index (χ0) is 13.3. The van der Waals surface area contributed by atoms with E-state index in [9.17, 15) is 0 Å². The van der Waals surface area contributed by atoms with Crippen LogP contribution in [0.1, 0.15) is 13.8 Å². The lowest BCUT2D eigenvalue weighted by Gasteiger charge is -2.23. The van der Waals surface area contributed by atoms with E-state index in [1.165, 1.54) is 0 Å². The molecule has 0 bridgehead atoms.